The van der Waals surface area contributed by atoms with Gasteiger partial charge >= 0.3 is 0 Å². The summed E-state index contributed by atoms with van der Waals surface area (Å²) in [6.45, 7) is 1.25. The number of H-pyrrole nitrogens is 1. The van der Waals surface area contributed by atoms with E-state index < -0.39 is 11.8 Å². The van der Waals surface area contributed by atoms with E-state index in [0.717, 1.165) is 16.7 Å². The number of nitrogens with zero attached hydrogens (tertiary/aromatic N) is 5. The minimum Gasteiger partial charge on any atom is -0.384 e. The van der Waals surface area contributed by atoms with Gasteiger partial charge < -0.3 is 16.2 Å². The molecule has 3 aromatic heterocycles. The molecule has 1 aliphatic rings. The summed E-state index contributed by atoms with van der Waals surface area (Å²) in [6, 6.07) is 9.24. The van der Waals surface area contributed by atoms with Crippen molar-refractivity contribution in [2.24, 2.45) is 0 Å². The summed E-state index contributed by atoms with van der Waals surface area (Å²) in [7, 11) is 0. The summed E-state index contributed by atoms with van der Waals surface area (Å²) >= 11 is 0. The van der Waals surface area contributed by atoms with E-state index in [4.69, 9.17) is 5.73 Å². The largest absolute Gasteiger partial charge is 0.384 e. The van der Waals surface area contributed by atoms with Gasteiger partial charge in [-0.25, -0.2) is 14.5 Å². The molecule has 10 heteroatoms. The van der Waals surface area contributed by atoms with E-state index in [1.165, 1.54) is 0 Å². The highest BCUT2D eigenvalue weighted by Crippen LogP contribution is 2.33. The number of aliphatic hydroxyl groups is 1. The van der Waals surface area contributed by atoms with Gasteiger partial charge in [0.25, 0.3) is 0 Å². The van der Waals surface area contributed by atoms with Gasteiger partial charge in [0.1, 0.15) is 23.1 Å². The van der Waals surface area contributed by atoms with Crippen LogP contribution in [-0.2, 0) is 18.6 Å². The molecule has 5 N–H and O–H groups in total. The number of aromatic amines is 1. The molecular formula is C21H23FN8O. The number of anilines is 1. The summed E-state index contributed by atoms with van der Waals surface area (Å²) < 4.78 is 16.3. The Hall–Kier alpha value is -3.37. The van der Waals surface area contributed by atoms with Crippen LogP contribution in [0.25, 0.3) is 11.2 Å². The zero-order valence-corrected chi connectivity index (χ0v) is 16.8. The molecule has 5 rings (SSSR count). The summed E-state index contributed by atoms with van der Waals surface area (Å²) in [5.74, 6) is 0.403. The lowest BCUT2D eigenvalue weighted by Gasteiger charge is -2.36. The zero-order chi connectivity index (χ0) is 21.4. The standard InChI is InChI=1S/C21H23FN8O/c22-17-10-24-5-4-21(17,31)16-3-1-2-13(7-16)11-30-12-14(9-25-30)6-15-8-18(23)26-20-19(15)27-29-28-20/h1-3,7-9,12,17,24,31H,4-6,10-11H2,(H3,23,26,27,28,29). The number of alkyl halides is 1. The highest BCUT2D eigenvalue weighted by molar-refractivity contribution is 5.76. The highest BCUT2D eigenvalue weighted by Gasteiger charge is 2.41. The Labute approximate surface area is 177 Å². The van der Waals surface area contributed by atoms with Crippen LogP contribution < -0.4 is 11.1 Å². The lowest BCUT2D eigenvalue weighted by molar-refractivity contribution is -0.0608. The van der Waals surface area contributed by atoms with Crippen LogP contribution in [0.2, 0.25) is 0 Å². The lowest BCUT2D eigenvalue weighted by Crippen LogP contribution is -2.49. The number of hydrogen-bond donors (Lipinski definition) is 4. The summed E-state index contributed by atoms with van der Waals surface area (Å²) in [4.78, 5) is 4.18. The topological polar surface area (TPSA) is 131 Å². The zero-order valence-electron chi connectivity index (χ0n) is 16.8. The van der Waals surface area contributed by atoms with Crippen molar-refractivity contribution in [3.8, 4) is 0 Å². The number of fused-ring (bicyclic) bond motifs is 1. The molecule has 9 nitrogen and oxygen atoms in total. The van der Waals surface area contributed by atoms with Crippen molar-refractivity contribution in [1.82, 2.24) is 35.5 Å². The van der Waals surface area contributed by atoms with E-state index in [2.05, 4.69) is 30.8 Å². The van der Waals surface area contributed by atoms with Gasteiger partial charge in [-0.05, 0) is 41.3 Å². The SMILES string of the molecule is Nc1cc(Cc2cnn(Cc3cccc(C4(O)CCNCC4F)c3)c2)c2nn[nH]c2n1. The maximum absolute atomic E-state index is 14.4. The van der Waals surface area contributed by atoms with Crippen molar-refractivity contribution < 1.29 is 9.50 Å². The normalized spacial score (nSPS) is 21.5. The van der Waals surface area contributed by atoms with Gasteiger partial charge in [-0.2, -0.15) is 5.10 Å². The molecule has 1 saturated heterocycles. The smallest absolute Gasteiger partial charge is 0.178 e. The molecule has 4 aromatic rings. The number of halogens is 1. The second-order valence-electron chi connectivity index (χ2n) is 7.98. The molecule has 0 saturated carbocycles. The van der Waals surface area contributed by atoms with Gasteiger partial charge in [-0.3, -0.25) is 4.68 Å². The summed E-state index contributed by atoms with van der Waals surface area (Å²) in [6.07, 6.45) is 3.34. The van der Waals surface area contributed by atoms with Gasteiger partial charge in [0.15, 0.2) is 5.65 Å². The summed E-state index contributed by atoms with van der Waals surface area (Å²) in [5, 5.41) is 28.9. The van der Waals surface area contributed by atoms with Gasteiger partial charge in [-0.1, -0.05) is 29.5 Å². The van der Waals surface area contributed by atoms with E-state index in [9.17, 15) is 9.50 Å². The number of nitrogens with one attached hydrogen (secondary N) is 2. The average molecular weight is 422 g/mol. The monoisotopic (exact) mass is 422 g/mol. The molecule has 1 aliphatic heterocycles. The first-order valence-electron chi connectivity index (χ1n) is 10.2. The molecular weight excluding hydrogens is 399 g/mol. The molecule has 0 bridgehead atoms. The van der Waals surface area contributed by atoms with Crippen molar-refractivity contribution in [2.45, 2.75) is 31.2 Å². The second kappa shape index (κ2) is 7.71. The van der Waals surface area contributed by atoms with E-state index >= 15 is 0 Å². The summed E-state index contributed by atoms with van der Waals surface area (Å²) in [5.41, 5.74) is 9.12. The van der Waals surface area contributed by atoms with Gasteiger partial charge in [0.2, 0.25) is 0 Å². The fourth-order valence-corrected chi connectivity index (χ4v) is 4.15. The Morgan fingerprint density at radius 3 is 3.06 bits per heavy atom. The molecule has 0 spiro atoms. The third-order valence-electron chi connectivity index (χ3n) is 5.77. The van der Waals surface area contributed by atoms with Gasteiger partial charge in [0, 0.05) is 19.2 Å². The maximum atomic E-state index is 14.4. The van der Waals surface area contributed by atoms with Crippen LogP contribution in [0.3, 0.4) is 0 Å². The van der Waals surface area contributed by atoms with E-state index in [0.29, 0.717) is 48.5 Å². The first-order valence-corrected chi connectivity index (χ1v) is 10.2. The number of pyridine rings is 1. The molecule has 4 heterocycles. The first-order chi connectivity index (χ1) is 15.0. The number of benzene rings is 1. The molecule has 0 radical (unpaired) electrons. The number of nitrogen functional groups attached to an aromatic ring is 1. The Balaban J connectivity index is 1.35. The Morgan fingerprint density at radius 2 is 2.19 bits per heavy atom. The van der Waals surface area contributed by atoms with Crippen molar-refractivity contribution in [3.63, 3.8) is 0 Å². The fourth-order valence-electron chi connectivity index (χ4n) is 4.15. The van der Waals surface area contributed by atoms with E-state index in [1.54, 1.807) is 18.3 Å². The van der Waals surface area contributed by atoms with Crippen molar-refractivity contribution >= 4 is 17.0 Å². The molecule has 31 heavy (non-hydrogen) atoms. The van der Waals surface area contributed by atoms with E-state index in [1.807, 2.05) is 29.1 Å². The molecule has 2 atom stereocenters. The minimum atomic E-state index is -1.46. The van der Waals surface area contributed by atoms with Crippen molar-refractivity contribution in [2.75, 3.05) is 18.8 Å². The number of piperidine rings is 1. The maximum Gasteiger partial charge on any atom is 0.178 e. The lowest BCUT2D eigenvalue weighted by atomic mass is 9.83. The highest BCUT2D eigenvalue weighted by atomic mass is 19.1. The van der Waals surface area contributed by atoms with Crippen molar-refractivity contribution in [3.05, 3.63) is 65.0 Å². The van der Waals surface area contributed by atoms with Gasteiger partial charge in [0.05, 0.1) is 12.7 Å². The predicted octanol–water partition coefficient (Wildman–Crippen LogP) is 1.29. The molecule has 0 aliphatic carbocycles. The quantitative estimate of drug-likeness (QED) is 0.381. The number of aromatic nitrogens is 6. The van der Waals surface area contributed by atoms with Crippen LogP contribution in [-0.4, -0.2) is 54.5 Å². The molecule has 2 unspecified atom stereocenters. The number of hydrogen-bond acceptors (Lipinski definition) is 7. The molecule has 1 aromatic carbocycles. The van der Waals surface area contributed by atoms with Crippen LogP contribution in [0.5, 0.6) is 0 Å². The van der Waals surface area contributed by atoms with Gasteiger partial charge in [-0.15, -0.1) is 5.10 Å². The van der Waals surface area contributed by atoms with Crippen LogP contribution in [0.1, 0.15) is 28.7 Å². The predicted molar refractivity (Wildman–Crippen MR) is 113 cm³/mol. The first kappa shape index (κ1) is 19.6. The number of nitrogens with two attached hydrogens (primary N) is 1. The molecule has 0 amide bonds. The van der Waals surface area contributed by atoms with Crippen LogP contribution in [0.15, 0.2) is 42.7 Å². The third kappa shape index (κ3) is 3.75. The minimum absolute atomic E-state index is 0.154. The Bertz CT molecular complexity index is 1220. The van der Waals surface area contributed by atoms with E-state index in [-0.39, 0.29) is 6.54 Å². The second-order valence-corrected chi connectivity index (χ2v) is 7.98. The fraction of sp³-hybridized carbons (Fsp3) is 0.333. The van der Waals surface area contributed by atoms with Crippen LogP contribution in [0, 0.1) is 0 Å². The van der Waals surface area contributed by atoms with Crippen LogP contribution >= 0.6 is 0 Å². The Kier molecular flexibility index (Phi) is 4.87. The average Bonchev–Trinajstić information content (AvgIpc) is 3.40. The molecule has 1 fully saturated rings. The third-order valence-corrected chi connectivity index (χ3v) is 5.77. The van der Waals surface area contributed by atoms with Crippen LogP contribution in [0.4, 0.5) is 10.2 Å². The van der Waals surface area contributed by atoms with Crippen molar-refractivity contribution in [1.29, 1.82) is 0 Å². The Morgan fingerprint density at radius 1 is 1.29 bits per heavy atom. The number of rotatable bonds is 5. The molecule has 160 valence electrons.